The van der Waals surface area contributed by atoms with Crippen LogP contribution in [0, 0.1) is 5.82 Å². The van der Waals surface area contributed by atoms with E-state index < -0.39 is 12.3 Å². The van der Waals surface area contributed by atoms with E-state index in [4.69, 9.17) is 5.11 Å². The second kappa shape index (κ2) is 5.97. The molecule has 0 bridgehead atoms. The van der Waals surface area contributed by atoms with Gasteiger partial charge in [0, 0.05) is 19.1 Å². The fourth-order valence-electron chi connectivity index (χ4n) is 2.16. The van der Waals surface area contributed by atoms with Crippen LogP contribution in [-0.2, 0) is 6.54 Å². The summed E-state index contributed by atoms with van der Waals surface area (Å²) in [4.78, 5) is 11.8. The molecule has 0 saturated carbocycles. The number of hydrogen-bond donors (Lipinski definition) is 2. The van der Waals surface area contributed by atoms with Crippen LogP contribution in [0.4, 0.5) is 13.6 Å². The van der Waals surface area contributed by atoms with Gasteiger partial charge in [0.25, 0.3) is 0 Å². The number of benzene rings is 1. The van der Waals surface area contributed by atoms with E-state index in [1.54, 1.807) is 12.1 Å². The molecule has 0 unspecified atom stereocenters. The minimum atomic E-state index is -1.22. The highest BCUT2D eigenvalue weighted by atomic mass is 19.1. The molecule has 0 aliphatic carbocycles. The monoisotopic (exact) mass is 270 g/mol. The van der Waals surface area contributed by atoms with Crippen molar-refractivity contribution in [1.29, 1.82) is 0 Å². The lowest BCUT2D eigenvalue weighted by Crippen LogP contribution is -2.51. The first-order valence-electron chi connectivity index (χ1n) is 6.16. The van der Waals surface area contributed by atoms with Crippen LogP contribution in [0.5, 0.6) is 0 Å². The highest BCUT2D eigenvalue weighted by Gasteiger charge is 2.30. The molecule has 2 rings (SSSR count). The number of nitrogens with one attached hydrogen (secondary N) is 1. The summed E-state index contributed by atoms with van der Waals surface area (Å²) >= 11 is 0. The topological polar surface area (TPSA) is 52.6 Å². The number of nitrogens with zero attached hydrogens (tertiary/aromatic N) is 1. The summed E-state index contributed by atoms with van der Waals surface area (Å²) in [7, 11) is 0. The van der Waals surface area contributed by atoms with Crippen LogP contribution < -0.4 is 5.32 Å². The number of amides is 1. The fraction of sp³-hybridized carbons (Fsp3) is 0.462. The summed E-state index contributed by atoms with van der Waals surface area (Å²) in [6.07, 6.45) is -1.86. The Labute approximate surface area is 110 Å². The Morgan fingerprint density at radius 1 is 1.42 bits per heavy atom. The van der Waals surface area contributed by atoms with Gasteiger partial charge in [-0.3, -0.25) is 0 Å². The zero-order valence-corrected chi connectivity index (χ0v) is 10.4. The molecule has 0 aromatic heterocycles. The van der Waals surface area contributed by atoms with Crippen LogP contribution in [0.2, 0.25) is 0 Å². The third-order valence-electron chi connectivity index (χ3n) is 3.29. The first-order valence-corrected chi connectivity index (χ1v) is 6.16. The number of alkyl halides is 1. The lowest BCUT2D eigenvalue weighted by atomic mass is 10.0. The molecule has 0 radical (unpaired) electrons. The molecule has 1 saturated heterocycles. The largest absolute Gasteiger partial charge is 0.465 e. The van der Waals surface area contributed by atoms with E-state index in [0.717, 1.165) is 10.5 Å². The first kappa shape index (κ1) is 13.7. The van der Waals surface area contributed by atoms with Crippen molar-refractivity contribution in [3.05, 3.63) is 35.6 Å². The van der Waals surface area contributed by atoms with Gasteiger partial charge in [0.15, 0.2) is 0 Å². The molecule has 1 heterocycles. The molecule has 6 heteroatoms. The average molecular weight is 270 g/mol. The van der Waals surface area contributed by atoms with Gasteiger partial charge in [-0.15, -0.1) is 0 Å². The van der Waals surface area contributed by atoms with Crippen LogP contribution in [0.1, 0.15) is 12.0 Å². The van der Waals surface area contributed by atoms with E-state index in [9.17, 15) is 13.6 Å². The van der Waals surface area contributed by atoms with Crippen molar-refractivity contribution in [2.45, 2.75) is 25.2 Å². The quantitative estimate of drug-likeness (QED) is 0.883. The molecule has 1 aliphatic heterocycles. The molecule has 0 spiro atoms. The van der Waals surface area contributed by atoms with Gasteiger partial charge in [-0.2, -0.15) is 0 Å². The predicted molar refractivity (Wildman–Crippen MR) is 66.1 cm³/mol. The number of piperidine rings is 1. The van der Waals surface area contributed by atoms with Gasteiger partial charge in [-0.1, -0.05) is 12.1 Å². The maximum absolute atomic E-state index is 13.8. The van der Waals surface area contributed by atoms with Crippen molar-refractivity contribution < 1.29 is 18.7 Å². The Morgan fingerprint density at radius 2 is 2.11 bits per heavy atom. The van der Waals surface area contributed by atoms with Crippen molar-refractivity contribution in [1.82, 2.24) is 10.2 Å². The lowest BCUT2D eigenvalue weighted by Gasteiger charge is -2.33. The van der Waals surface area contributed by atoms with Crippen LogP contribution in [0.15, 0.2) is 24.3 Å². The molecule has 2 atom stereocenters. The van der Waals surface area contributed by atoms with Crippen LogP contribution in [0.25, 0.3) is 0 Å². The van der Waals surface area contributed by atoms with Gasteiger partial charge in [-0.05, 0) is 24.1 Å². The second-order valence-corrected chi connectivity index (χ2v) is 4.65. The maximum Gasteiger partial charge on any atom is 0.407 e. The third-order valence-corrected chi connectivity index (χ3v) is 3.29. The summed E-state index contributed by atoms with van der Waals surface area (Å²) in [5, 5.41) is 11.8. The van der Waals surface area contributed by atoms with Gasteiger partial charge < -0.3 is 15.3 Å². The fourth-order valence-corrected chi connectivity index (χ4v) is 2.16. The van der Waals surface area contributed by atoms with E-state index >= 15 is 0 Å². The van der Waals surface area contributed by atoms with Crippen molar-refractivity contribution in [2.24, 2.45) is 0 Å². The van der Waals surface area contributed by atoms with Crippen LogP contribution in [-0.4, -0.2) is 41.4 Å². The number of hydrogen-bond acceptors (Lipinski definition) is 2. The Bertz CT molecular complexity index is 439. The first-order chi connectivity index (χ1) is 9.06. The van der Waals surface area contributed by atoms with E-state index in [2.05, 4.69) is 5.32 Å². The maximum atomic E-state index is 13.8. The number of rotatable bonds is 3. The minimum Gasteiger partial charge on any atom is -0.465 e. The Hall–Kier alpha value is -1.69. The zero-order chi connectivity index (χ0) is 13.8. The molecule has 2 N–H and O–H groups in total. The van der Waals surface area contributed by atoms with Gasteiger partial charge in [0.1, 0.15) is 12.0 Å². The number of carbonyl (C=O) groups is 1. The summed E-state index contributed by atoms with van der Waals surface area (Å²) in [6, 6.07) is 5.64. The summed E-state index contributed by atoms with van der Waals surface area (Å²) in [6.45, 7) is 0.672. The standard InChI is InChI=1S/C13H16F2N2O2/c14-10-3-1-9(2-4-10)7-16-12-5-6-17(13(18)19)8-11(12)15/h1-4,11-12,16H,5-8H2,(H,18,19)/t11-,12+/m1/s1. The van der Waals surface area contributed by atoms with Crippen molar-refractivity contribution >= 4 is 6.09 Å². The van der Waals surface area contributed by atoms with E-state index in [-0.39, 0.29) is 18.4 Å². The lowest BCUT2D eigenvalue weighted by molar-refractivity contribution is 0.0881. The van der Waals surface area contributed by atoms with Gasteiger partial charge in [0.05, 0.1) is 6.54 Å². The second-order valence-electron chi connectivity index (χ2n) is 4.65. The number of carboxylic acid groups (broad SMARTS) is 1. The van der Waals surface area contributed by atoms with Crippen molar-refractivity contribution in [3.8, 4) is 0 Å². The Morgan fingerprint density at radius 3 is 2.68 bits per heavy atom. The molecule has 104 valence electrons. The van der Waals surface area contributed by atoms with Crippen molar-refractivity contribution in [3.63, 3.8) is 0 Å². The smallest absolute Gasteiger partial charge is 0.407 e. The molecule has 1 aromatic carbocycles. The Balaban J connectivity index is 1.84. The third kappa shape index (κ3) is 3.64. The van der Waals surface area contributed by atoms with E-state index in [1.165, 1.54) is 12.1 Å². The summed E-state index contributed by atoms with van der Waals surface area (Å²) in [5.74, 6) is -0.304. The normalized spacial score (nSPS) is 23.4. The molecular formula is C13H16F2N2O2. The SMILES string of the molecule is O=C(O)N1CC[C@H](NCc2ccc(F)cc2)[C@H](F)C1. The molecule has 1 aromatic rings. The van der Waals surface area contributed by atoms with Crippen LogP contribution in [0.3, 0.4) is 0 Å². The molecule has 1 aliphatic rings. The Kier molecular flexibility index (Phi) is 4.31. The molecular weight excluding hydrogens is 254 g/mol. The van der Waals surface area contributed by atoms with Gasteiger partial charge in [-0.25, -0.2) is 13.6 Å². The molecule has 1 amide bonds. The molecule has 4 nitrogen and oxygen atoms in total. The minimum absolute atomic E-state index is 0.101. The van der Waals surface area contributed by atoms with E-state index in [1.807, 2.05) is 0 Å². The zero-order valence-electron chi connectivity index (χ0n) is 10.4. The number of likely N-dealkylation sites (tertiary alicyclic amines) is 1. The highest BCUT2D eigenvalue weighted by Crippen LogP contribution is 2.15. The molecule has 19 heavy (non-hydrogen) atoms. The number of halogens is 2. The van der Waals surface area contributed by atoms with Crippen molar-refractivity contribution in [2.75, 3.05) is 13.1 Å². The predicted octanol–water partition coefficient (Wildman–Crippen LogP) is 2.01. The summed E-state index contributed by atoms with van der Waals surface area (Å²) < 4.78 is 26.5. The average Bonchev–Trinajstić information content (AvgIpc) is 2.39. The van der Waals surface area contributed by atoms with Gasteiger partial charge >= 0.3 is 6.09 Å². The van der Waals surface area contributed by atoms with Gasteiger partial charge in [0.2, 0.25) is 0 Å². The van der Waals surface area contributed by atoms with Crippen LogP contribution >= 0.6 is 0 Å². The summed E-state index contributed by atoms with van der Waals surface area (Å²) in [5.41, 5.74) is 0.870. The van der Waals surface area contributed by atoms with E-state index in [0.29, 0.717) is 19.5 Å². The molecule has 1 fully saturated rings. The highest BCUT2D eigenvalue weighted by molar-refractivity contribution is 5.65.